The van der Waals surface area contributed by atoms with Gasteiger partial charge in [0.25, 0.3) is 0 Å². The van der Waals surface area contributed by atoms with Crippen LogP contribution in [0.15, 0.2) is 4.99 Å². The molecule has 116 valence electrons. The predicted octanol–water partition coefficient (Wildman–Crippen LogP) is 0.505. The largest absolute Gasteiger partial charge is 0.370 e. The van der Waals surface area contributed by atoms with Crippen LogP contribution in [0.2, 0.25) is 0 Å². The van der Waals surface area contributed by atoms with E-state index in [4.69, 9.17) is 5.73 Å². The zero-order valence-electron chi connectivity index (χ0n) is 12.2. The van der Waals surface area contributed by atoms with Crippen LogP contribution in [0.5, 0.6) is 0 Å². The molecule has 20 heavy (non-hydrogen) atoms. The van der Waals surface area contributed by atoms with Crippen LogP contribution in [0.4, 0.5) is 0 Å². The van der Waals surface area contributed by atoms with Crippen molar-refractivity contribution in [3.8, 4) is 0 Å². The fourth-order valence-electron chi connectivity index (χ4n) is 2.78. The van der Waals surface area contributed by atoms with Crippen molar-refractivity contribution in [2.24, 2.45) is 16.6 Å². The van der Waals surface area contributed by atoms with Gasteiger partial charge in [-0.15, -0.1) is 0 Å². The van der Waals surface area contributed by atoms with Gasteiger partial charge in [0, 0.05) is 31.6 Å². The van der Waals surface area contributed by atoms with E-state index in [0.717, 1.165) is 0 Å². The van der Waals surface area contributed by atoms with E-state index >= 15 is 0 Å². The maximum atomic E-state index is 11.6. The molecule has 0 aromatic carbocycles. The van der Waals surface area contributed by atoms with Crippen LogP contribution in [0, 0.1) is 5.92 Å². The first-order chi connectivity index (χ1) is 9.51. The van der Waals surface area contributed by atoms with Gasteiger partial charge in [0.1, 0.15) is 0 Å². The second-order valence-electron chi connectivity index (χ2n) is 5.79. The van der Waals surface area contributed by atoms with Crippen molar-refractivity contribution in [2.45, 2.75) is 45.1 Å². The van der Waals surface area contributed by atoms with Crippen molar-refractivity contribution < 1.29 is 8.42 Å². The predicted molar refractivity (Wildman–Crippen MR) is 81.0 cm³/mol. The molecule has 1 saturated carbocycles. The third-order valence-corrected chi connectivity index (χ3v) is 5.97. The normalized spacial score (nSPS) is 23.6. The van der Waals surface area contributed by atoms with Crippen LogP contribution in [0.1, 0.15) is 39.0 Å². The molecular weight excluding hydrogens is 276 g/mol. The van der Waals surface area contributed by atoms with E-state index in [1.807, 2.05) is 0 Å². The first-order valence-corrected chi connectivity index (χ1v) is 9.16. The van der Waals surface area contributed by atoms with Gasteiger partial charge in [-0.3, -0.25) is 4.99 Å². The Morgan fingerprint density at radius 3 is 2.55 bits per heavy atom. The van der Waals surface area contributed by atoms with E-state index in [1.165, 1.54) is 36.4 Å². The number of guanidine groups is 1. The molecule has 0 aromatic rings. The van der Waals surface area contributed by atoms with Gasteiger partial charge in [-0.2, -0.15) is 0 Å². The summed E-state index contributed by atoms with van der Waals surface area (Å²) in [6.07, 6.45) is 6.18. The first kappa shape index (κ1) is 15.6. The lowest BCUT2D eigenvalue weighted by atomic mass is 9.96. The van der Waals surface area contributed by atoms with Crippen molar-refractivity contribution >= 4 is 16.0 Å². The summed E-state index contributed by atoms with van der Waals surface area (Å²) in [4.78, 5) is 4.34. The molecule has 1 aliphatic carbocycles. The summed E-state index contributed by atoms with van der Waals surface area (Å²) in [5.74, 6) is 0.991. The lowest BCUT2D eigenvalue weighted by Gasteiger charge is -2.37. The molecule has 1 heterocycles. The number of nitrogens with one attached hydrogen (secondary N) is 1. The molecule has 2 fully saturated rings. The Kier molecular flexibility index (Phi) is 5.26. The minimum atomic E-state index is -3.02. The second-order valence-corrected chi connectivity index (χ2v) is 8.05. The lowest BCUT2D eigenvalue weighted by Crippen LogP contribution is -2.52. The lowest BCUT2D eigenvalue weighted by molar-refractivity contribution is 0.208. The van der Waals surface area contributed by atoms with Gasteiger partial charge in [0.15, 0.2) is 5.96 Å². The molecule has 0 spiro atoms. The van der Waals surface area contributed by atoms with Gasteiger partial charge in [0.2, 0.25) is 10.0 Å². The summed E-state index contributed by atoms with van der Waals surface area (Å²) in [5, 5.41) is 3.27. The summed E-state index contributed by atoms with van der Waals surface area (Å²) >= 11 is 0. The monoisotopic (exact) mass is 302 g/mol. The average molecular weight is 302 g/mol. The fraction of sp³-hybridized carbons (Fsp3) is 0.923. The van der Waals surface area contributed by atoms with Crippen molar-refractivity contribution in [1.82, 2.24) is 9.62 Å². The van der Waals surface area contributed by atoms with Crippen molar-refractivity contribution in [1.29, 1.82) is 0 Å². The third-order valence-electron chi connectivity index (χ3n) is 4.16. The summed E-state index contributed by atoms with van der Waals surface area (Å²) < 4.78 is 24.7. The highest BCUT2D eigenvalue weighted by Gasteiger charge is 2.34. The highest BCUT2D eigenvalue weighted by Crippen LogP contribution is 2.20. The summed E-state index contributed by atoms with van der Waals surface area (Å²) in [5.41, 5.74) is 5.89. The van der Waals surface area contributed by atoms with E-state index < -0.39 is 10.0 Å². The standard InChI is InChI=1S/C13H26N4O2S/c1-2-20(18,19)17-9-11(10-17)8-15-13(14)16-12-6-4-3-5-7-12/h11-12H,2-10H2,1H3,(H3,14,15,16). The van der Waals surface area contributed by atoms with E-state index in [0.29, 0.717) is 37.6 Å². The van der Waals surface area contributed by atoms with Crippen LogP contribution < -0.4 is 11.1 Å². The maximum absolute atomic E-state index is 11.6. The Hall–Kier alpha value is -0.820. The smallest absolute Gasteiger partial charge is 0.213 e. The van der Waals surface area contributed by atoms with Gasteiger partial charge in [-0.05, 0) is 19.8 Å². The number of nitrogens with zero attached hydrogens (tertiary/aromatic N) is 2. The summed E-state index contributed by atoms with van der Waals surface area (Å²) in [6, 6.07) is 0.464. The van der Waals surface area contributed by atoms with E-state index in [9.17, 15) is 8.42 Å². The quantitative estimate of drug-likeness (QED) is 0.572. The Morgan fingerprint density at radius 2 is 1.95 bits per heavy atom. The van der Waals surface area contributed by atoms with Crippen molar-refractivity contribution in [2.75, 3.05) is 25.4 Å². The third kappa shape index (κ3) is 4.09. The molecule has 1 aliphatic heterocycles. The molecule has 6 nitrogen and oxygen atoms in total. The van der Waals surface area contributed by atoms with Crippen LogP contribution in [-0.4, -0.2) is 50.1 Å². The van der Waals surface area contributed by atoms with Crippen LogP contribution >= 0.6 is 0 Å². The van der Waals surface area contributed by atoms with Crippen molar-refractivity contribution in [3.63, 3.8) is 0 Å². The van der Waals surface area contributed by atoms with Gasteiger partial charge in [-0.1, -0.05) is 19.3 Å². The molecule has 0 atom stereocenters. The molecule has 2 aliphatic rings. The number of hydrogen-bond donors (Lipinski definition) is 2. The second kappa shape index (κ2) is 6.76. The average Bonchev–Trinajstić information content (AvgIpc) is 2.37. The Labute approximate surface area is 121 Å². The molecule has 0 aromatic heterocycles. The number of aliphatic imine (C=N–C) groups is 1. The van der Waals surface area contributed by atoms with Gasteiger partial charge >= 0.3 is 0 Å². The number of nitrogens with two attached hydrogens (primary N) is 1. The minimum Gasteiger partial charge on any atom is -0.370 e. The number of hydrogen-bond acceptors (Lipinski definition) is 3. The highest BCUT2D eigenvalue weighted by molar-refractivity contribution is 7.89. The number of rotatable bonds is 5. The van der Waals surface area contributed by atoms with Crippen LogP contribution in [0.3, 0.4) is 0 Å². The summed E-state index contributed by atoms with van der Waals surface area (Å²) in [6.45, 7) is 3.45. The molecule has 1 saturated heterocycles. The van der Waals surface area contributed by atoms with E-state index in [1.54, 1.807) is 6.92 Å². The Bertz CT molecular complexity index is 437. The Balaban J connectivity index is 1.69. The molecule has 0 radical (unpaired) electrons. The molecule has 7 heteroatoms. The Morgan fingerprint density at radius 1 is 1.30 bits per heavy atom. The van der Waals surface area contributed by atoms with Gasteiger partial charge in [-0.25, -0.2) is 12.7 Å². The maximum Gasteiger partial charge on any atom is 0.213 e. The summed E-state index contributed by atoms with van der Waals surface area (Å²) in [7, 11) is -3.02. The molecule has 0 bridgehead atoms. The fourth-order valence-corrected chi connectivity index (χ4v) is 4.02. The first-order valence-electron chi connectivity index (χ1n) is 7.55. The van der Waals surface area contributed by atoms with E-state index in [-0.39, 0.29) is 5.75 Å². The van der Waals surface area contributed by atoms with Crippen LogP contribution in [0.25, 0.3) is 0 Å². The number of sulfonamides is 1. The zero-order chi connectivity index (χ0) is 14.6. The molecular formula is C13H26N4O2S. The van der Waals surface area contributed by atoms with Gasteiger partial charge in [0.05, 0.1) is 5.75 Å². The SMILES string of the molecule is CCS(=O)(=O)N1CC(CN=C(N)NC2CCCCC2)C1. The topological polar surface area (TPSA) is 87.8 Å². The molecule has 2 rings (SSSR count). The zero-order valence-corrected chi connectivity index (χ0v) is 13.0. The minimum absolute atomic E-state index is 0.175. The molecule has 0 amide bonds. The molecule has 3 N–H and O–H groups in total. The van der Waals surface area contributed by atoms with Crippen LogP contribution in [-0.2, 0) is 10.0 Å². The van der Waals surface area contributed by atoms with Gasteiger partial charge < -0.3 is 11.1 Å². The van der Waals surface area contributed by atoms with Crippen molar-refractivity contribution in [3.05, 3.63) is 0 Å². The highest BCUT2D eigenvalue weighted by atomic mass is 32.2. The van der Waals surface area contributed by atoms with E-state index in [2.05, 4.69) is 10.3 Å². The molecule has 0 unspecified atom stereocenters.